The fourth-order valence-corrected chi connectivity index (χ4v) is 2.90. The van der Waals surface area contributed by atoms with Gasteiger partial charge in [-0.1, -0.05) is 36.2 Å². The minimum atomic E-state index is 0.617. The molecule has 3 heteroatoms. The van der Waals surface area contributed by atoms with Gasteiger partial charge in [0.25, 0.3) is 0 Å². The van der Waals surface area contributed by atoms with Gasteiger partial charge in [-0.3, -0.25) is 0 Å². The van der Waals surface area contributed by atoms with E-state index in [2.05, 4.69) is 24.9 Å². The van der Waals surface area contributed by atoms with Crippen LogP contribution in [0.15, 0.2) is 18.2 Å². The number of benzene rings is 1. The van der Waals surface area contributed by atoms with Crippen LogP contribution in [0.1, 0.15) is 24.8 Å². The van der Waals surface area contributed by atoms with E-state index in [9.17, 15) is 0 Å². The lowest BCUT2D eigenvalue weighted by Crippen LogP contribution is -2.35. The molecule has 1 saturated heterocycles. The first-order chi connectivity index (χ1) is 7.58. The molecule has 0 N–H and O–H groups in total. The predicted octanol–water partition coefficient (Wildman–Crippen LogP) is 4.05. The maximum absolute atomic E-state index is 6.07. The molecule has 88 valence electrons. The number of piperidine rings is 1. The first kappa shape index (κ1) is 12.2. The molecule has 1 aromatic carbocycles. The van der Waals surface area contributed by atoms with Crippen LogP contribution in [-0.2, 0) is 0 Å². The Balaban J connectivity index is 2.20. The van der Waals surface area contributed by atoms with Crippen LogP contribution in [0.3, 0.4) is 0 Å². The fourth-order valence-electron chi connectivity index (χ4n) is 2.59. The van der Waals surface area contributed by atoms with Crippen molar-refractivity contribution in [2.24, 2.45) is 5.92 Å². The molecule has 1 aliphatic heterocycles. The first-order valence-electron chi connectivity index (χ1n) is 5.71. The molecule has 0 aromatic heterocycles. The highest BCUT2D eigenvalue weighted by Gasteiger charge is 2.25. The number of halogens is 2. The Morgan fingerprint density at radius 1 is 1.25 bits per heavy atom. The molecule has 16 heavy (non-hydrogen) atoms. The van der Waals surface area contributed by atoms with E-state index in [1.807, 2.05) is 12.1 Å². The maximum atomic E-state index is 6.07. The van der Waals surface area contributed by atoms with Crippen LogP contribution in [0.5, 0.6) is 0 Å². The number of likely N-dealkylation sites (tertiary alicyclic amines) is 1. The molecule has 1 fully saturated rings. The van der Waals surface area contributed by atoms with Crippen LogP contribution in [0.4, 0.5) is 0 Å². The molecule has 0 spiro atoms. The summed E-state index contributed by atoms with van der Waals surface area (Å²) in [5.74, 6) is 1.29. The highest BCUT2D eigenvalue weighted by atomic mass is 35.5. The summed E-state index contributed by atoms with van der Waals surface area (Å²) in [5, 5.41) is 1.32. The van der Waals surface area contributed by atoms with E-state index in [-0.39, 0.29) is 0 Å². The molecule has 1 heterocycles. The van der Waals surface area contributed by atoms with E-state index in [1.54, 1.807) is 0 Å². The molecule has 1 nitrogen and oxygen atoms in total. The lowest BCUT2D eigenvalue weighted by molar-refractivity contribution is 0.195. The number of nitrogens with zero attached hydrogens (tertiary/aromatic N) is 1. The smallest absolute Gasteiger partial charge is 0.0595 e. The average Bonchev–Trinajstić information content (AvgIpc) is 2.22. The van der Waals surface area contributed by atoms with Gasteiger partial charge in [-0.15, -0.1) is 0 Å². The Hall–Kier alpha value is -0.240. The zero-order chi connectivity index (χ0) is 11.7. The molecule has 1 aromatic rings. The maximum Gasteiger partial charge on any atom is 0.0595 e. The standard InChI is InChI=1S/C13H17Cl2N/c1-9-8-16(2)6-5-11(9)10-3-4-12(14)13(15)7-10/h3-4,7,9,11H,5-6,8H2,1-2H3/t9?,11-/m0/s1. The van der Waals surface area contributed by atoms with Crippen LogP contribution < -0.4 is 0 Å². The lowest BCUT2D eigenvalue weighted by Gasteiger charge is -2.35. The SMILES string of the molecule is CC1CN(C)CC[C@@H]1c1ccc(Cl)c(Cl)c1. The van der Waals surface area contributed by atoms with Gasteiger partial charge >= 0.3 is 0 Å². The molecule has 2 rings (SSSR count). The van der Waals surface area contributed by atoms with E-state index in [4.69, 9.17) is 23.2 Å². The van der Waals surface area contributed by atoms with Gasteiger partial charge in [0.05, 0.1) is 10.0 Å². The van der Waals surface area contributed by atoms with Gasteiger partial charge in [0.2, 0.25) is 0 Å². The number of rotatable bonds is 1. The van der Waals surface area contributed by atoms with Crippen LogP contribution in [-0.4, -0.2) is 25.0 Å². The quantitative estimate of drug-likeness (QED) is 0.734. The zero-order valence-corrected chi connectivity index (χ0v) is 11.2. The summed E-state index contributed by atoms with van der Waals surface area (Å²) in [6.45, 7) is 4.63. The molecule has 0 saturated carbocycles. The second-order valence-electron chi connectivity index (χ2n) is 4.81. The summed E-state index contributed by atoms with van der Waals surface area (Å²) in [5.41, 5.74) is 1.33. The van der Waals surface area contributed by atoms with Crippen molar-refractivity contribution >= 4 is 23.2 Å². The Kier molecular flexibility index (Phi) is 3.78. The molecular formula is C13H17Cl2N. The van der Waals surface area contributed by atoms with E-state index < -0.39 is 0 Å². The van der Waals surface area contributed by atoms with Gasteiger partial charge in [0.15, 0.2) is 0 Å². The van der Waals surface area contributed by atoms with Crippen molar-refractivity contribution in [3.05, 3.63) is 33.8 Å². The highest BCUT2D eigenvalue weighted by Crippen LogP contribution is 2.35. The average molecular weight is 258 g/mol. The summed E-state index contributed by atoms with van der Waals surface area (Å²) in [6, 6.07) is 6.04. The van der Waals surface area contributed by atoms with Crippen molar-refractivity contribution in [2.45, 2.75) is 19.3 Å². The van der Waals surface area contributed by atoms with E-state index in [0.29, 0.717) is 21.9 Å². The van der Waals surface area contributed by atoms with E-state index in [0.717, 1.165) is 13.1 Å². The van der Waals surface area contributed by atoms with Gasteiger partial charge < -0.3 is 4.90 Å². The van der Waals surface area contributed by atoms with Crippen molar-refractivity contribution in [1.29, 1.82) is 0 Å². The van der Waals surface area contributed by atoms with Crippen molar-refractivity contribution in [3.63, 3.8) is 0 Å². The molecule has 1 aliphatic rings. The first-order valence-corrected chi connectivity index (χ1v) is 6.47. The van der Waals surface area contributed by atoms with Gasteiger partial charge in [-0.2, -0.15) is 0 Å². The molecule has 1 unspecified atom stereocenters. The Labute approximate surface area is 107 Å². The third-order valence-corrected chi connectivity index (χ3v) is 4.22. The Morgan fingerprint density at radius 2 is 2.00 bits per heavy atom. The van der Waals surface area contributed by atoms with Crippen LogP contribution in [0.25, 0.3) is 0 Å². The van der Waals surface area contributed by atoms with Gasteiger partial charge in [0, 0.05) is 6.54 Å². The molecule has 0 aliphatic carbocycles. The van der Waals surface area contributed by atoms with Gasteiger partial charge in [0.1, 0.15) is 0 Å². The fraction of sp³-hybridized carbons (Fsp3) is 0.538. The highest BCUT2D eigenvalue weighted by molar-refractivity contribution is 6.42. The second-order valence-corrected chi connectivity index (χ2v) is 5.62. The van der Waals surface area contributed by atoms with Crippen LogP contribution in [0, 0.1) is 5.92 Å². The molecular weight excluding hydrogens is 241 g/mol. The van der Waals surface area contributed by atoms with Crippen molar-refractivity contribution in [2.75, 3.05) is 20.1 Å². The number of hydrogen-bond acceptors (Lipinski definition) is 1. The summed E-state index contributed by atoms with van der Waals surface area (Å²) in [4.78, 5) is 2.39. The monoisotopic (exact) mass is 257 g/mol. The van der Waals surface area contributed by atoms with Gasteiger partial charge in [-0.05, 0) is 49.5 Å². The van der Waals surface area contributed by atoms with Gasteiger partial charge in [-0.25, -0.2) is 0 Å². The van der Waals surface area contributed by atoms with E-state index >= 15 is 0 Å². The molecule has 0 bridgehead atoms. The normalized spacial score (nSPS) is 27.0. The van der Waals surface area contributed by atoms with Crippen molar-refractivity contribution in [1.82, 2.24) is 4.90 Å². The summed E-state index contributed by atoms with van der Waals surface area (Å²) < 4.78 is 0. The summed E-state index contributed by atoms with van der Waals surface area (Å²) >= 11 is 12.0. The predicted molar refractivity (Wildman–Crippen MR) is 70.5 cm³/mol. The Bertz CT molecular complexity index is 378. The summed E-state index contributed by atoms with van der Waals surface area (Å²) in [6.07, 6.45) is 1.20. The third kappa shape index (κ3) is 2.53. The minimum Gasteiger partial charge on any atom is -0.306 e. The van der Waals surface area contributed by atoms with Crippen molar-refractivity contribution in [3.8, 4) is 0 Å². The zero-order valence-electron chi connectivity index (χ0n) is 9.71. The molecule has 2 atom stereocenters. The summed E-state index contributed by atoms with van der Waals surface area (Å²) in [7, 11) is 2.18. The minimum absolute atomic E-state index is 0.617. The van der Waals surface area contributed by atoms with E-state index in [1.165, 1.54) is 12.0 Å². The molecule has 0 radical (unpaired) electrons. The molecule has 0 amide bonds. The third-order valence-electron chi connectivity index (χ3n) is 3.48. The lowest BCUT2D eigenvalue weighted by atomic mass is 9.82. The Morgan fingerprint density at radius 3 is 2.62 bits per heavy atom. The topological polar surface area (TPSA) is 3.24 Å². The second kappa shape index (κ2) is 4.95. The largest absolute Gasteiger partial charge is 0.306 e. The van der Waals surface area contributed by atoms with Crippen molar-refractivity contribution < 1.29 is 0 Å². The van der Waals surface area contributed by atoms with Crippen LogP contribution >= 0.6 is 23.2 Å². The number of hydrogen-bond donors (Lipinski definition) is 0. The van der Waals surface area contributed by atoms with Crippen LogP contribution in [0.2, 0.25) is 10.0 Å².